The third kappa shape index (κ3) is 13.2. The maximum Gasteiger partial charge on any atom is 0.320 e. The maximum absolute atomic E-state index is 10.1. The summed E-state index contributed by atoms with van der Waals surface area (Å²) in [5.74, 6) is -0.955. The first kappa shape index (κ1) is 18.6. The SMILES string of the molecule is CCCC(C)C(=O)O.CSCC[C@H](N)C(=O)O. The summed E-state index contributed by atoms with van der Waals surface area (Å²) >= 11 is 1.60. The summed E-state index contributed by atoms with van der Waals surface area (Å²) in [7, 11) is 0. The molecule has 0 saturated heterocycles. The monoisotopic (exact) mass is 265 g/mol. The molecular formula is C11H23NO4S. The summed E-state index contributed by atoms with van der Waals surface area (Å²) in [6.45, 7) is 3.71. The van der Waals surface area contributed by atoms with Gasteiger partial charge >= 0.3 is 11.9 Å². The normalized spacial score (nSPS) is 13.2. The van der Waals surface area contributed by atoms with E-state index >= 15 is 0 Å². The molecule has 0 aliphatic carbocycles. The van der Waals surface area contributed by atoms with Crippen molar-refractivity contribution in [3.8, 4) is 0 Å². The molecule has 0 radical (unpaired) electrons. The molecule has 0 heterocycles. The van der Waals surface area contributed by atoms with Crippen molar-refractivity contribution >= 4 is 23.7 Å². The van der Waals surface area contributed by atoms with Gasteiger partial charge in [-0.05, 0) is 24.9 Å². The number of carbonyl (C=O) groups is 2. The zero-order valence-corrected chi connectivity index (χ0v) is 11.5. The van der Waals surface area contributed by atoms with E-state index in [4.69, 9.17) is 15.9 Å². The Bertz CT molecular complexity index is 224. The third-order valence-electron chi connectivity index (χ3n) is 2.09. The fraction of sp³-hybridized carbons (Fsp3) is 0.818. The molecule has 2 atom stereocenters. The molecule has 0 spiro atoms. The van der Waals surface area contributed by atoms with E-state index < -0.39 is 18.0 Å². The molecule has 17 heavy (non-hydrogen) atoms. The molecule has 0 fully saturated rings. The van der Waals surface area contributed by atoms with Crippen LogP contribution in [0.4, 0.5) is 0 Å². The van der Waals surface area contributed by atoms with Crippen LogP contribution in [0, 0.1) is 5.92 Å². The fourth-order valence-electron chi connectivity index (χ4n) is 0.925. The van der Waals surface area contributed by atoms with Crippen LogP contribution >= 0.6 is 11.8 Å². The zero-order valence-electron chi connectivity index (χ0n) is 10.7. The van der Waals surface area contributed by atoms with E-state index in [2.05, 4.69) is 0 Å². The highest BCUT2D eigenvalue weighted by atomic mass is 32.2. The quantitative estimate of drug-likeness (QED) is 0.647. The smallest absolute Gasteiger partial charge is 0.320 e. The summed E-state index contributed by atoms with van der Waals surface area (Å²) in [5, 5.41) is 16.6. The lowest BCUT2D eigenvalue weighted by atomic mass is 10.1. The highest BCUT2D eigenvalue weighted by Crippen LogP contribution is 2.03. The lowest BCUT2D eigenvalue weighted by Gasteiger charge is -2.02. The van der Waals surface area contributed by atoms with Crippen molar-refractivity contribution in [1.29, 1.82) is 0 Å². The van der Waals surface area contributed by atoms with E-state index in [1.807, 2.05) is 13.2 Å². The van der Waals surface area contributed by atoms with E-state index in [1.165, 1.54) is 0 Å². The van der Waals surface area contributed by atoms with Gasteiger partial charge in [0.25, 0.3) is 0 Å². The lowest BCUT2D eigenvalue weighted by molar-refractivity contribution is -0.141. The second-order valence-corrected chi connectivity index (χ2v) is 4.74. The minimum absolute atomic E-state index is 0.167. The minimum atomic E-state index is -0.913. The van der Waals surface area contributed by atoms with Gasteiger partial charge in [0, 0.05) is 0 Å². The molecule has 102 valence electrons. The highest BCUT2D eigenvalue weighted by molar-refractivity contribution is 7.98. The molecule has 0 aromatic heterocycles. The van der Waals surface area contributed by atoms with Crippen LogP contribution in [0.1, 0.15) is 33.1 Å². The highest BCUT2D eigenvalue weighted by Gasteiger charge is 2.09. The van der Waals surface area contributed by atoms with Crippen molar-refractivity contribution in [2.45, 2.75) is 39.2 Å². The van der Waals surface area contributed by atoms with Crippen molar-refractivity contribution in [1.82, 2.24) is 0 Å². The van der Waals surface area contributed by atoms with Crippen LogP contribution < -0.4 is 5.73 Å². The van der Waals surface area contributed by atoms with Crippen molar-refractivity contribution < 1.29 is 19.8 Å². The van der Waals surface area contributed by atoms with Crippen LogP contribution in [-0.4, -0.2) is 40.2 Å². The van der Waals surface area contributed by atoms with Crippen LogP contribution in [0.5, 0.6) is 0 Å². The van der Waals surface area contributed by atoms with Crippen molar-refractivity contribution in [3.63, 3.8) is 0 Å². The van der Waals surface area contributed by atoms with E-state index in [0.29, 0.717) is 6.42 Å². The Hall–Kier alpha value is -0.750. The van der Waals surface area contributed by atoms with Crippen LogP contribution in [0.2, 0.25) is 0 Å². The standard InChI is InChI=1S/C6H12O2.C5H11NO2S/c1-3-4-5(2)6(7)8;1-9-3-2-4(6)5(7)8/h5H,3-4H2,1-2H3,(H,7,8);4H,2-3,6H2,1H3,(H,7,8)/t;4-/m.0/s1. The average Bonchev–Trinajstić information content (AvgIpc) is 2.26. The Balaban J connectivity index is 0. The van der Waals surface area contributed by atoms with E-state index in [0.717, 1.165) is 18.6 Å². The number of aliphatic carboxylic acids is 2. The summed E-state index contributed by atoms with van der Waals surface area (Å²) in [6.07, 6.45) is 4.22. The van der Waals surface area contributed by atoms with Crippen molar-refractivity contribution in [2.24, 2.45) is 11.7 Å². The molecule has 0 aliphatic heterocycles. The molecule has 0 aliphatic rings. The summed E-state index contributed by atoms with van der Waals surface area (Å²) in [4.78, 5) is 20.2. The van der Waals surface area contributed by atoms with Crippen molar-refractivity contribution in [2.75, 3.05) is 12.0 Å². The predicted molar refractivity (Wildman–Crippen MR) is 70.3 cm³/mol. The molecule has 0 aromatic carbocycles. The van der Waals surface area contributed by atoms with Gasteiger partial charge in [0.05, 0.1) is 5.92 Å². The van der Waals surface area contributed by atoms with E-state index in [1.54, 1.807) is 18.7 Å². The molecule has 0 aromatic rings. The minimum Gasteiger partial charge on any atom is -0.481 e. The predicted octanol–water partition coefficient (Wildman–Crippen LogP) is 1.66. The first-order valence-corrected chi connectivity index (χ1v) is 6.96. The van der Waals surface area contributed by atoms with Crippen LogP contribution in [0.15, 0.2) is 0 Å². The van der Waals surface area contributed by atoms with Gasteiger partial charge < -0.3 is 15.9 Å². The molecule has 6 heteroatoms. The summed E-state index contributed by atoms with van der Waals surface area (Å²) in [5.41, 5.74) is 5.19. The number of nitrogens with two attached hydrogens (primary N) is 1. The second kappa shape index (κ2) is 11.7. The van der Waals surface area contributed by atoms with Gasteiger partial charge in [-0.3, -0.25) is 9.59 Å². The van der Waals surface area contributed by atoms with Crippen LogP contribution in [-0.2, 0) is 9.59 Å². The number of carboxylic acids is 2. The third-order valence-corrected chi connectivity index (χ3v) is 2.74. The second-order valence-electron chi connectivity index (χ2n) is 3.75. The first-order valence-electron chi connectivity index (χ1n) is 5.56. The molecule has 0 amide bonds. The first-order chi connectivity index (χ1) is 7.86. The Morgan fingerprint density at radius 3 is 2.00 bits per heavy atom. The largest absolute Gasteiger partial charge is 0.481 e. The number of carboxylic acid groups (broad SMARTS) is 2. The summed E-state index contributed by atoms with van der Waals surface area (Å²) < 4.78 is 0. The number of hydrogen-bond donors (Lipinski definition) is 3. The number of rotatable bonds is 7. The van der Waals surface area contributed by atoms with Gasteiger partial charge in [0.15, 0.2) is 0 Å². The Kier molecular flexibility index (Phi) is 12.8. The average molecular weight is 265 g/mol. The van der Waals surface area contributed by atoms with Crippen LogP contribution in [0.3, 0.4) is 0 Å². The van der Waals surface area contributed by atoms with Gasteiger partial charge in [0.1, 0.15) is 6.04 Å². The van der Waals surface area contributed by atoms with Gasteiger partial charge in [-0.15, -0.1) is 0 Å². The molecule has 0 saturated carbocycles. The Morgan fingerprint density at radius 2 is 1.76 bits per heavy atom. The Morgan fingerprint density at radius 1 is 1.24 bits per heavy atom. The van der Waals surface area contributed by atoms with E-state index in [-0.39, 0.29) is 5.92 Å². The molecule has 5 nitrogen and oxygen atoms in total. The zero-order chi connectivity index (χ0) is 13.8. The Labute approximate surface area is 107 Å². The van der Waals surface area contributed by atoms with Gasteiger partial charge in [-0.2, -0.15) is 11.8 Å². The summed E-state index contributed by atoms with van der Waals surface area (Å²) in [6, 6.07) is -0.683. The topological polar surface area (TPSA) is 101 Å². The lowest BCUT2D eigenvalue weighted by Crippen LogP contribution is -2.30. The molecular weight excluding hydrogens is 242 g/mol. The van der Waals surface area contributed by atoms with Gasteiger partial charge in [-0.25, -0.2) is 0 Å². The van der Waals surface area contributed by atoms with Gasteiger partial charge in [-0.1, -0.05) is 20.3 Å². The molecule has 0 rings (SSSR count). The van der Waals surface area contributed by atoms with Gasteiger partial charge in [0.2, 0.25) is 0 Å². The maximum atomic E-state index is 10.1. The molecule has 4 N–H and O–H groups in total. The fourth-order valence-corrected chi connectivity index (χ4v) is 1.41. The van der Waals surface area contributed by atoms with E-state index in [9.17, 15) is 9.59 Å². The number of thioether (sulfide) groups is 1. The molecule has 1 unspecified atom stereocenters. The number of hydrogen-bond acceptors (Lipinski definition) is 4. The van der Waals surface area contributed by atoms with Crippen molar-refractivity contribution in [3.05, 3.63) is 0 Å². The van der Waals surface area contributed by atoms with Crippen LogP contribution in [0.25, 0.3) is 0 Å². The molecule has 0 bridgehead atoms.